The van der Waals surface area contributed by atoms with Crippen molar-refractivity contribution in [3.8, 4) is 5.75 Å². The topological polar surface area (TPSA) is 21.3 Å². The van der Waals surface area contributed by atoms with Gasteiger partial charge in [-0.3, -0.25) is 0 Å². The predicted molar refractivity (Wildman–Crippen MR) is 62.6 cm³/mol. The van der Waals surface area contributed by atoms with Gasteiger partial charge in [0.15, 0.2) is 0 Å². The van der Waals surface area contributed by atoms with E-state index >= 15 is 0 Å². The van der Waals surface area contributed by atoms with Gasteiger partial charge in [0, 0.05) is 12.6 Å². The van der Waals surface area contributed by atoms with Crippen LogP contribution in [-0.4, -0.2) is 18.9 Å². The van der Waals surface area contributed by atoms with Crippen LogP contribution >= 0.6 is 0 Å². The highest BCUT2D eigenvalue weighted by molar-refractivity contribution is 5.29. The summed E-state index contributed by atoms with van der Waals surface area (Å²) in [5.41, 5.74) is 1.01. The summed E-state index contributed by atoms with van der Waals surface area (Å²) < 4.78 is 39.8. The zero-order chi connectivity index (χ0) is 13.2. The Hall–Kier alpha value is -1.23. The summed E-state index contributed by atoms with van der Waals surface area (Å²) >= 11 is 0. The number of benzene rings is 1. The van der Waals surface area contributed by atoms with Crippen molar-refractivity contribution in [2.24, 2.45) is 0 Å². The van der Waals surface area contributed by atoms with Crippen LogP contribution in [0.25, 0.3) is 0 Å². The number of rotatable bonds is 5. The lowest BCUT2D eigenvalue weighted by Gasteiger charge is -2.14. The van der Waals surface area contributed by atoms with Crippen LogP contribution in [0.15, 0.2) is 24.3 Å². The van der Waals surface area contributed by atoms with Gasteiger partial charge in [0.2, 0.25) is 0 Å². The van der Waals surface area contributed by atoms with Gasteiger partial charge in [-0.25, -0.2) is 0 Å². The van der Waals surface area contributed by atoms with Gasteiger partial charge in [-0.15, -0.1) is 13.2 Å². The standard InChI is InChI=1S/C13H16F3NO/c1-9(8-17-11-4-5-11)10-2-6-12(7-3-10)18-13(14,15)16/h2-3,6-7,9,11,17H,4-5,8H2,1H3. The SMILES string of the molecule is CC(CNC1CC1)c1ccc(OC(F)(F)F)cc1. The fraction of sp³-hybridized carbons (Fsp3) is 0.538. The quantitative estimate of drug-likeness (QED) is 0.874. The third kappa shape index (κ3) is 4.22. The molecule has 1 N–H and O–H groups in total. The highest BCUT2D eigenvalue weighted by Crippen LogP contribution is 2.25. The molecule has 0 saturated heterocycles. The molecule has 0 aromatic heterocycles. The molecular weight excluding hydrogens is 243 g/mol. The highest BCUT2D eigenvalue weighted by atomic mass is 19.4. The van der Waals surface area contributed by atoms with Crippen molar-refractivity contribution in [1.82, 2.24) is 5.32 Å². The van der Waals surface area contributed by atoms with Crippen LogP contribution in [0.3, 0.4) is 0 Å². The fourth-order valence-corrected chi connectivity index (χ4v) is 1.75. The molecule has 5 heteroatoms. The van der Waals surface area contributed by atoms with E-state index in [1.165, 1.54) is 25.0 Å². The number of hydrogen-bond acceptors (Lipinski definition) is 2. The summed E-state index contributed by atoms with van der Waals surface area (Å²) in [4.78, 5) is 0. The van der Waals surface area contributed by atoms with Crippen molar-refractivity contribution in [1.29, 1.82) is 0 Å². The predicted octanol–water partition coefficient (Wildman–Crippen LogP) is 3.44. The first-order valence-corrected chi connectivity index (χ1v) is 6.03. The van der Waals surface area contributed by atoms with Gasteiger partial charge in [0.05, 0.1) is 0 Å². The molecule has 2 rings (SSSR count). The van der Waals surface area contributed by atoms with Gasteiger partial charge in [-0.2, -0.15) is 0 Å². The van der Waals surface area contributed by atoms with E-state index in [0.29, 0.717) is 6.04 Å². The number of alkyl halides is 3. The normalized spacial score (nSPS) is 17.6. The summed E-state index contributed by atoms with van der Waals surface area (Å²) in [5.74, 6) is 0.110. The molecule has 1 fully saturated rings. The molecule has 1 aliphatic carbocycles. The van der Waals surface area contributed by atoms with Crippen LogP contribution in [0.2, 0.25) is 0 Å². The smallest absolute Gasteiger partial charge is 0.406 e. The molecule has 2 nitrogen and oxygen atoms in total. The third-order valence-corrected chi connectivity index (χ3v) is 2.97. The highest BCUT2D eigenvalue weighted by Gasteiger charge is 2.31. The summed E-state index contributed by atoms with van der Waals surface area (Å²) in [6.45, 7) is 2.90. The molecule has 100 valence electrons. The van der Waals surface area contributed by atoms with Crippen molar-refractivity contribution in [2.45, 2.75) is 38.1 Å². The van der Waals surface area contributed by atoms with Crippen molar-refractivity contribution in [3.05, 3.63) is 29.8 Å². The van der Waals surface area contributed by atoms with Crippen LogP contribution < -0.4 is 10.1 Å². The van der Waals surface area contributed by atoms with Gasteiger partial charge in [0.25, 0.3) is 0 Å². The average molecular weight is 259 g/mol. The second-order valence-corrected chi connectivity index (χ2v) is 4.70. The number of hydrogen-bond donors (Lipinski definition) is 1. The van der Waals surface area contributed by atoms with Crippen LogP contribution in [0.1, 0.15) is 31.2 Å². The Balaban J connectivity index is 1.89. The molecule has 18 heavy (non-hydrogen) atoms. The van der Waals surface area contributed by atoms with Crippen molar-refractivity contribution in [3.63, 3.8) is 0 Å². The maximum Gasteiger partial charge on any atom is 0.573 e. The lowest BCUT2D eigenvalue weighted by Crippen LogP contribution is -2.22. The monoisotopic (exact) mass is 259 g/mol. The van der Waals surface area contributed by atoms with E-state index in [2.05, 4.69) is 17.0 Å². The first-order chi connectivity index (χ1) is 8.44. The van der Waals surface area contributed by atoms with Crippen LogP contribution in [0.4, 0.5) is 13.2 Å². The summed E-state index contributed by atoms with van der Waals surface area (Å²) in [5, 5.41) is 3.40. The molecule has 0 bridgehead atoms. The molecule has 0 amide bonds. The second-order valence-electron chi connectivity index (χ2n) is 4.70. The maximum absolute atomic E-state index is 12.0. The summed E-state index contributed by atoms with van der Waals surface area (Å²) in [6, 6.07) is 6.72. The number of ether oxygens (including phenoxy) is 1. The number of halogens is 3. The Morgan fingerprint density at radius 3 is 2.39 bits per heavy atom. The fourth-order valence-electron chi connectivity index (χ4n) is 1.75. The Labute approximate surface area is 104 Å². The first kappa shape index (κ1) is 13.2. The molecule has 0 heterocycles. The van der Waals surface area contributed by atoms with E-state index in [1.807, 2.05) is 0 Å². The molecule has 1 aromatic rings. The molecule has 0 radical (unpaired) electrons. The zero-order valence-electron chi connectivity index (χ0n) is 10.1. The lowest BCUT2D eigenvalue weighted by molar-refractivity contribution is -0.274. The lowest BCUT2D eigenvalue weighted by atomic mass is 10.0. The van der Waals surface area contributed by atoms with E-state index in [9.17, 15) is 13.2 Å². The minimum absolute atomic E-state index is 0.173. The Bertz CT molecular complexity index is 384. The molecule has 1 saturated carbocycles. The summed E-state index contributed by atoms with van der Waals surface area (Å²) in [7, 11) is 0. The van der Waals surface area contributed by atoms with E-state index in [-0.39, 0.29) is 11.7 Å². The molecular formula is C13H16F3NO. The van der Waals surface area contributed by atoms with Gasteiger partial charge in [-0.1, -0.05) is 19.1 Å². The Kier molecular flexibility index (Phi) is 3.80. The van der Waals surface area contributed by atoms with Gasteiger partial charge < -0.3 is 10.1 Å². The minimum Gasteiger partial charge on any atom is -0.406 e. The second kappa shape index (κ2) is 5.18. The van der Waals surface area contributed by atoms with Crippen molar-refractivity contribution >= 4 is 0 Å². The summed E-state index contributed by atoms with van der Waals surface area (Å²) in [6.07, 6.45) is -2.17. The Morgan fingerprint density at radius 2 is 1.89 bits per heavy atom. The molecule has 0 aliphatic heterocycles. The van der Waals surface area contributed by atoms with Gasteiger partial charge in [0.1, 0.15) is 5.75 Å². The maximum atomic E-state index is 12.0. The largest absolute Gasteiger partial charge is 0.573 e. The van der Waals surface area contributed by atoms with Crippen molar-refractivity contribution in [2.75, 3.05) is 6.54 Å². The van der Waals surface area contributed by atoms with Crippen molar-refractivity contribution < 1.29 is 17.9 Å². The van der Waals surface area contributed by atoms with E-state index in [0.717, 1.165) is 12.1 Å². The van der Waals surface area contributed by atoms with E-state index < -0.39 is 6.36 Å². The average Bonchev–Trinajstić information content (AvgIpc) is 3.08. The molecule has 1 atom stereocenters. The molecule has 1 unspecified atom stereocenters. The van der Waals surface area contributed by atoms with Crippen LogP contribution in [0.5, 0.6) is 5.75 Å². The number of nitrogens with one attached hydrogen (secondary N) is 1. The van der Waals surface area contributed by atoms with Gasteiger partial charge in [-0.05, 0) is 36.5 Å². The van der Waals surface area contributed by atoms with E-state index in [1.54, 1.807) is 12.1 Å². The Morgan fingerprint density at radius 1 is 1.28 bits per heavy atom. The van der Waals surface area contributed by atoms with Crippen LogP contribution in [-0.2, 0) is 0 Å². The molecule has 0 spiro atoms. The zero-order valence-corrected chi connectivity index (χ0v) is 10.1. The first-order valence-electron chi connectivity index (χ1n) is 6.03. The third-order valence-electron chi connectivity index (χ3n) is 2.97. The molecule has 1 aromatic carbocycles. The van der Waals surface area contributed by atoms with E-state index in [4.69, 9.17) is 0 Å². The van der Waals surface area contributed by atoms with Crippen LogP contribution in [0, 0.1) is 0 Å². The molecule has 1 aliphatic rings. The van der Waals surface area contributed by atoms with Gasteiger partial charge >= 0.3 is 6.36 Å². The minimum atomic E-state index is -4.62.